The zero-order valence-corrected chi connectivity index (χ0v) is 14.2. The number of H-pyrrole nitrogens is 1. The molecule has 0 bridgehead atoms. The fourth-order valence-corrected chi connectivity index (χ4v) is 3.37. The van der Waals surface area contributed by atoms with Crippen LogP contribution >= 0.6 is 0 Å². The molecule has 1 N–H and O–H groups in total. The first-order valence-electron chi connectivity index (χ1n) is 8.50. The molecule has 8 nitrogen and oxygen atoms in total. The number of rotatable bonds is 5. The van der Waals surface area contributed by atoms with E-state index in [1.165, 1.54) is 0 Å². The van der Waals surface area contributed by atoms with E-state index in [1.54, 1.807) is 33.9 Å². The van der Waals surface area contributed by atoms with Crippen molar-refractivity contribution in [1.82, 2.24) is 34.4 Å². The summed E-state index contributed by atoms with van der Waals surface area (Å²) < 4.78 is 3.36. The molecule has 0 saturated carbocycles. The molecule has 130 valence electrons. The summed E-state index contributed by atoms with van der Waals surface area (Å²) in [6.07, 6.45) is 7.39. The number of nitrogens with one attached hydrogen (secondary N) is 1. The normalized spacial score (nSPS) is 18.0. The van der Waals surface area contributed by atoms with Crippen LogP contribution in [-0.2, 0) is 13.1 Å². The SMILES string of the molecule is Cc1cc(CN2CCCC2Cn2nc(-n3ccnc3)ccc2=O)n[nH]1. The first-order valence-corrected chi connectivity index (χ1v) is 8.50. The van der Waals surface area contributed by atoms with Gasteiger partial charge in [0.05, 0.1) is 12.2 Å². The Balaban J connectivity index is 1.52. The number of imidazole rings is 1. The lowest BCUT2D eigenvalue weighted by molar-refractivity contribution is 0.214. The predicted octanol–water partition coefficient (Wildman–Crippen LogP) is 1.13. The van der Waals surface area contributed by atoms with E-state index >= 15 is 0 Å². The molecule has 1 unspecified atom stereocenters. The zero-order chi connectivity index (χ0) is 17.2. The van der Waals surface area contributed by atoms with Gasteiger partial charge in [0.2, 0.25) is 0 Å². The topological polar surface area (TPSA) is 84.6 Å². The van der Waals surface area contributed by atoms with E-state index in [4.69, 9.17) is 0 Å². The van der Waals surface area contributed by atoms with Crippen molar-refractivity contribution >= 4 is 0 Å². The maximum absolute atomic E-state index is 12.2. The molecule has 1 aliphatic rings. The van der Waals surface area contributed by atoms with Crippen LogP contribution in [-0.4, -0.2) is 47.0 Å². The Hall–Kier alpha value is -2.74. The summed E-state index contributed by atoms with van der Waals surface area (Å²) in [7, 11) is 0. The number of nitrogens with zero attached hydrogens (tertiary/aromatic N) is 6. The lowest BCUT2D eigenvalue weighted by Crippen LogP contribution is -2.37. The Labute approximate surface area is 145 Å². The molecule has 0 aliphatic carbocycles. The van der Waals surface area contributed by atoms with Crippen molar-refractivity contribution in [2.24, 2.45) is 0 Å². The average Bonchev–Trinajstić information content (AvgIpc) is 3.33. The van der Waals surface area contributed by atoms with Crippen LogP contribution in [0.3, 0.4) is 0 Å². The van der Waals surface area contributed by atoms with Gasteiger partial charge in [0.1, 0.15) is 6.33 Å². The van der Waals surface area contributed by atoms with E-state index in [1.807, 2.05) is 13.1 Å². The van der Waals surface area contributed by atoms with Crippen molar-refractivity contribution in [2.75, 3.05) is 6.54 Å². The Kier molecular flexibility index (Phi) is 4.19. The van der Waals surface area contributed by atoms with E-state index in [2.05, 4.69) is 31.2 Å². The van der Waals surface area contributed by atoms with Crippen LogP contribution in [0.5, 0.6) is 0 Å². The fourth-order valence-electron chi connectivity index (χ4n) is 3.37. The average molecular weight is 339 g/mol. The van der Waals surface area contributed by atoms with Crippen LogP contribution in [0.2, 0.25) is 0 Å². The van der Waals surface area contributed by atoms with Crippen LogP contribution in [0.15, 0.2) is 41.7 Å². The molecule has 4 heterocycles. The van der Waals surface area contributed by atoms with Gasteiger partial charge in [-0.3, -0.25) is 19.4 Å². The van der Waals surface area contributed by atoms with E-state index in [0.717, 1.165) is 37.3 Å². The lowest BCUT2D eigenvalue weighted by atomic mass is 10.2. The third kappa shape index (κ3) is 3.39. The van der Waals surface area contributed by atoms with Crippen molar-refractivity contribution in [3.63, 3.8) is 0 Å². The molecule has 8 heteroatoms. The van der Waals surface area contributed by atoms with Crippen LogP contribution in [0, 0.1) is 6.92 Å². The maximum Gasteiger partial charge on any atom is 0.266 e. The van der Waals surface area contributed by atoms with Gasteiger partial charge in [0.15, 0.2) is 5.82 Å². The molecule has 0 aromatic carbocycles. The third-order valence-corrected chi connectivity index (χ3v) is 4.63. The molecule has 3 aromatic rings. The summed E-state index contributed by atoms with van der Waals surface area (Å²) in [5.41, 5.74) is 2.03. The van der Waals surface area contributed by atoms with Gasteiger partial charge in [0.25, 0.3) is 5.56 Å². The minimum atomic E-state index is -0.0775. The number of hydrogen-bond donors (Lipinski definition) is 1. The molecule has 0 spiro atoms. The Morgan fingerprint density at radius 3 is 3.04 bits per heavy atom. The number of aromatic amines is 1. The summed E-state index contributed by atoms with van der Waals surface area (Å²) >= 11 is 0. The smallest absolute Gasteiger partial charge is 0.266 e. The highest BCUT2D eigenvalue weighted by molar-refractivity contribution is 5.19. The van der Waals surface area contributed by atoms with Crippen molar-refractivity contribution in [3.05, 3.63) is 58.7 Å². The molecule has 0 radical (unpaired) electrons. The van der Waals surface area contributed by atoms with Crippen molar-refractivity contribution in [2.45, 2.75) is 38.9 Å². The van der Waals surface area contributed by atoms with Gasteiger partial charge in [-0.2, -0.15) is 10.2 Å². The lowest BCUT2D eigenvalue weighted by Gasteiger charge is -2.23. The molecular formula is C17H21N7O. The second-order valence-electron chi connectivity index (χ2n) is 6.49. The summed E-state index contributed by atoms with van der Waals surface area (Å²) in [4.78, 5) is 18.7. The van der Waals surface area contributed by atoms with Gasteiger partial charge in [0, 0.05) is 36.7 Å². The van der Waals surface area contributed by atoms with Gasteiger partial charge in [-0.05, 0) is 38.4 Å². The number of hydrogen-bond acceptors (Lipinski definition) is 5. The molecule has 0 amide bonds. The summed E-state index contributed by atoms with van der Waals surface area (Å²) in [6, 6.07) is 5.65. The zero-order valence-electron chi connectivity index (χ0n) is 14.2. The largest absolute Gasteiger partial charge is 0.293 e. The third-order valence-electron chi connectivity index (χ3n) is 4.63. The van der Waals surface area contributed by atoms with Gasteiger partial charge in [-0.25, -0.2) is 9.67 Å². The fraction of sp³-hybridized carbons (Fsp3) is 0.412. The minimum Gasteiger partial charge on any atom is -0.293 e. The highest BCUT2D eigenvalue weighted by Crippen LogP contribution is 2.20. The molecule has 25 heavy (non-hydrogen) atoms. The van der Waals surface area contributed by atoms with E-state index in [0.29, 0.717) is 18.4 Å². The minimum absolute atomic E-state index is 0.0775. The van der Waals surface area contributed by atoms with Crippen LogP contribution in [0.1, 0.15) is 24.2 Å². The molecular weight excluding hydrogens is 318 g/mol. The van der Waals surface area contributed by atoms with E-state index in [-0.39, 0.29) is 5.56 Å². The Bertz CT molecular complexity index is 896. The number of likely N-dealkylation sites (tertiary alicyclic amines) is 1. The molecule has 3 aromatic heterocycles. The number of aryl methyl sites for hydroxylation is 1. The number of aromatic nitrogens is 6. The van der Waals surface area contributed by atoms with Crippen molar-refractivity contribution in [1.29, 1.82) is 0 Å². The van der Waals surface area contributed by atoms with E-state index in [9.17, 15) is 4.79 Å². The standard InChI is InChI=1S/C17H21N7O/c1-13-9-14(20-19-13)10-22-7-2-3-15(22)11-24-17(25)5-4-16(21-24)23-8-6-18-12-23/h4-6,8-9,12,15H,2-3,7,10-11H2,1H3,(H,19,20). The van der Waals surface area contributed by atoms with Gasteiger partial charge in [-0.15, -0.1) is 0 Å². The monoisotopic (exact) mass is 339 g/mol. The second kappa shape index (κ2) is 6.64. The highest BCUT2D eigenvalue weighted by atomic mass is 16.1. The highest BCUT2D eigenvalue weighted by Gasteiger charge is 2.26. The van der Waals surface area contributed by atoms with Crippen LogP contribution in [0.4, 0.5) is 0 Å². The molecule has 1 aliphatic heterocycles. The first kappa shape index (κ1) is 15.8. The van der Waals surface area contributed by atoms with Gasteiger partial charge in [-0.1, -0.05) is 0 Å². The molecule has 4 rings (SSSR count). The summed E-state index contributed by atoms with van der Waals surface area (Å²) in [5, 5.41) is 11.8. The predicted molar refractivity (Wildman–Crippen MR) is 92.4 cm³/mol. The van der Waals surface area contributed by atoms with Crippen LogP contribution < -0.4 is 5.56 Å². The van der Waals surface area contributed by atoms with E-state index < -0.39 is 0 Å². The molecule has 1 atom stereocenters. The summed E-state index contributed by atoms with van der Waals surface area (Å²) in [6.45, 7) is 4.41. The quantitative estimate of drug-likeness (QED) is 0.753. The summed E-state index contributed by atoms with van der Waals surface area (Å²) in [5.74, 6) is 0.699. The molecule has 1 fully saturated rings. The second-order valence-corrected chi connectivity index (χ2v) is 6.49. The molecule has 1 saturated heterocycles. The maximum atomic E-state index is 12.2. The van der Waals surface area contributed by atoms with Gasteiger partial charge >= 0.3 is 0 Å². The first-order chi connectivity index (χ1) is 12.2. The van der Waals surface area contributed by atoms with Gasteiger partial charge < -0.3 is 0 Å². The Morgan fingerprint density at radius 2 is 2.28 bits per heavy atom. The van der Waals surface area contributed by atoms with Crippen LogP contribution in [0.25, 0.3) is 5.82 Å². The van der Waals surface area contributed by atoms with Crippen molar-refractivity contribution < 1.29 is 0 Å². The Morgan fingerprint density at radius 1 is 1.36 bits per heavy atom. The van der Waals surface area contributed by atoms with Crippen molar-refractivity contribution in [3.8, 4) is 5.82 Å².